The summed E-state index contributed by atoms with van der Waals surface area (Å²) in [4.78, 5) is 25.2. The number of benzene rings is 1. The molecule has 2 heterocycles. The second-order valence-electron chi connectivity index (χ2n) is 6.72. The van der Waals surface area contributed by atoms with Crippen LogP contribution in [0.1, 0.15) is 18.4 Å². The average molecular weight is 354 g/mol. The largest absolute Gasteiger partial charge is 0.491 e. The number of rotatable bonds is 6. The Balaban J connectivity index is 1.50. The third-order valence-corrected chi connectivity index (χ3v) is 4.80. The Labute approximate surface area is 154 Å². The Morgan fingerprint density at radius 2 is 2.19 bits per heavy atom. The van der Waals surface area contributed by atoms with Gasteiger partial charge in [-0.1, -0.05) is 18.2 Å². The van der Waals surface area contributed by atoms with Crippen LogP contribution in [0.2, 0.25) is 0 Å². The smallest absolute Gasteiger partial charge is 0.227 e. The minimum atomic E-state index is -0.00535. The lowest BCUT2D eigenvalue weighted by atomic mass is 9.96. The molecular weight excluding hydrogens is 328 g/mol. The molecule has 0 saturated carbocycles. The van der Waals surface area contributed by atoms with Crippen molar-refractivity contribution in [3.63, 3.8) is 0 Å². The summed E-state index contributed by atoms with van der Waals surface area (Å²) in [6.07, 6.45) is 7.01. The molecule has 1 aliphatic heterocycles. The van der Waals surface area contributed by atoms with E-state index in [0.717, 1.165) is 36.5 Å². The van der Waals surface area contributed by atoms with Crippen LogP contribution in [0.5, 0.6) is 5.75 Å². The number of ether oxygens (including phenoxy) is 1. The van der Waals surface area contributed by atoms with Gasteiger partial charge in [0.15, 0.2) is 0 Å². The molecule has 138 valence electrons. The predicted octanol–water partition coefficient (Wildman–Crippen LogP) is 2.54. The van der Waals surface area contributed by atoms with Crippen LogP contribution >= 0.6 is 0 Å². The normalized spacial score (nSPS) is 17.0. The molecule has 0 bridgehead atoms. The van der Waals surface area contributed by atoms with E-state index in [1.54, 1.807) is 23.5 Å². The molecule has 0 unspecified atom stereocenters. The van der Waals surface area contributed by atoms with Crippen molar-refractivity contribution in [1.82, 2.24) is 14.9 Å². The summed E-state index contributed by atoms with van der Waals surface area (Å²) in [6, 6.07) is 7.93. The van der Waals surface area contributed by atoms with Gasteiger partial charge in [0.1, 0.15) is 18.2 Å². The first-order chi connectivity index (χ1) is 12.6. The Morgan fingerprint density at radius 1 is 1.35 bits per heavy atom. The van der Waals surface area contributed by atoms with Gasteiger partial charge in [-0.05, 0) is 31.4 Å². The molecule has 1 aromatic heterocycles. The van der Waals surface area contributed by atoms with E-state index in [2.05, 4.69) is 14.9 Å². The number of amides is 1. The zero-order chi connectivity index (χ0) is 18.4. The maximum atomic E-state index is 12.8. The number of carbonyl (C=O) groups is 1. The fourth-order valence-electron chi connectivity index (χ4n) is 3.27. The number of hydrogen-bond acceptors (Lipinski definition) is 5. The van der Waals surface area contributed by atoms with Crippen molar-refractivity contribution in [3.05, 3.63) is 48.4 Å². The highest BCUT2D eigenvalue weighted by Gasteiger charge is 2.28. The maximum absolute atomic E-state index is 12.8. The van der Waals surface area contributed by atoms with Crippen molar-refractivity contribution >= 4 is 11.7 Å². The van der Waals surface area contributed by atoms with E-state index in [-0.39, 0.29) is 11.8 Å². The van der Waals surface area contributed by atoms with E-state index in [4.69, 9.17) is 4.74 Å². The summed E-state index contributed by atoms with van der Waals surface area (Å²) >= 11 is 0. The van der Waals surface area contributed by atoms with Gasteiger partial charge in [-0.15, -0.1) is 0 Å². The first kappa shape index (κ1) is 18.2. The van der Waals surface area contributed by atoms with Gasteiger partial charge in [0, 0.05) is 32.5 Å². The van der Waals surface area contributed by atoms with Gasteiger partial charge in [0.25, 0.3) is 0 Å². The Morgan fingerprint density at radius 3 is 2.96 bits per heavy atom. The van der Waals surface area contributed by atoms with Crippen LogP contribution in [0.3, 0.4) is 0 Å². The molecule has 0 aliphatic carbocycles. The lowest BCUT2D eigenvalue weighted by molar-refractivity contribution is -0.134. The summed E-state index contributed by atoms with van der Waals surface area (Å²) in [5.74, 6) is 1.89. The van der Waals surface area contributed by atoms with Crippen LogP contribution in [0.4, 0.5) is 5.82 Å². The number of likely N-dealkylation sites (N-methyl/N-ethyl adjacent to an activating group) is 1. The summed E-state index contributed by atoms with van der Waals surface area (Å²) in [7, 11) is 1.85. The number of aromatic nitrogens is 2. The SMILES string of the molecule is Cc1ccccc1OCCN(C)C(=O)[C@H]1CCCN(c2cnccn2)C1. The van der Waals surface area contributed by atoms with E-state index in [0.29, 0.717) is 19.7 Å². The highest BCUT2D eigenvalue weighted by molar-refractivity contribution is 5.79. The first-order valence-corrected chi connectivity index (χ1v) is 9.09. The lowest BCUT2D eigenvalue weighted by Gasteiger charge is -2.34. The van der Waals surface area contributed by atoms with Crippen molar-refractivity contribution in [3.8, 4) is 5.75 Å². The predicted molar refractivity (Wildman–Crippen MR) is 101 cm³/mol. The minimum absolute atomic E-state index is 0.00535. The van der Waals surface area contributed by atoms with Crippen LogP contribution < -0.4 is 9.64 Å². The van der Waals surface area contributed by atoms with Crippen molar-refractivity contribution in [2.45, 2.75) is 19.8 Å². The molecule has 3 rings (SSSR count). The molecule has 1 amide bonds. The van der Waals surface area contributed by atoms with Gasteiger partial charge in [-0.25, -0.2) is 4.98 Å². The van der Waals surface area contributed by atoms with E-state index in [1.165, 1.54) is 0 Å². The molecule has 26 heavy (non-hydrogen) atoms. The Hall–Kier alpha value is -2.63. The van der Waals surface area contributed by atoms with E-state index < -0.39 is 0 Å². The summed E-state index contributed by atoms with van der Waals surface area (Å²) < 4.78 is 5.81. The highest BCUT2D eigenvalue weighted by atomic mass is 16.5. The highest BCUT2D eigenvalue weighted by Crippen LogP contribution is 2.22. The Bertz CT molecular complexity index is 723. The molecule has 1 aliphatic rings. The van der Waals surface area contributed by atoms with Crippen LogP contribution in [0.25, 0.3) is 0 Å². The van der Waals surface area contributed by atoms with Crippen molar-refractivity contribution in [1.29, 1.82) is 0 Å². The van der Waals surface area contributed by atoms with Crippen molar-refractivity contribution < 1.29 is 9.53 Å². The van der Waals surface area contributed by atoms with E-state index in [9.17, 15) is 4.79 Å². The van der Waals surface area contributed by atoms with Gasteiger partial charge in [0.05, 0.1) is 18.7 Å². The fourth-order valence-corrected chi connectivity index (χ4v) is 3.27. The molecule has 1 atom stereocenters. The third-order valence-electron chi connectivity index (χ3n) is 4.80. The van der Waals surface area contributed by atoms with Crippen LogP contribution in [-0.2, 0) is 4.79 Å². The van der Waals surface area contributed by atoms with Crippen molar-refractivity contribution in [2.75, 3.05) is 38.2 Å². The van der Waals surface area contributed by atoms with Crippen LogP contribution in [0.15, 0.2) is 42.9 Å². The van der Waals surface area contributed by atoms with Gasteiger partial charge in [-0.3, -0.25) is 9.78 Å². The summed E-state index contributed by atoms with van der Waals surface area (Å²) in [5.41, 5.74) is 1.10. The molecule has 1 saturated heterocycles. The number of anilines is 1. The summed E-state index contributed by atoms with van der Waals surface area (Å²) in [5, 5.41) is 0. The van der Waals surface area contributed by atoms with Gasteiger partial charge < -0.3 is 14.5 Å². The maximum Gasteiger partial charge on any atom is 0.227 e. The molecule has 0 spiro atoms. The molecule has 6 heteroatoms. The third kappa shape index (κ3) is 4.50. The number of hydrogen-bond donors (Lipinski definition) is 0. The number of nitrogens with zero attached hydrogens (tertiary/aromatic N) is 4. The van der Waals surface area contributed by atoms with Crippen molar-refractivity contribution in [2.24, 2.45) is 5.92 Å². The quantitative estimate of drug-likeness (QED) is 0.798. The number of piperidine rings is 1. The molecule has 6 nitrogen and oxygen atoms in total. The van der Waals surface area contributed by atoms with E-state index >= 15 is 0 Å². The van der Waals surface area contributed by atoms with E-state index in [1.807, 2.05) is 38.2 Å². The monoisotopic (exact) mass is 354 g/mol. The fraction of sp³-hybridized carbons (Fsp3) is 0.450. The first-order valence-electron chi connectivity index (χ1n) is 9.09. The topological polar surface area (TPSA) is 58.6 Å². The van der Waals surface area contributed by atoms with Crippen LogP contribution in [-0.4, -0.2) is 54.1 Å². The van der Waals surface area contributed by atoms with Gasteiger partial charge in [0.2, 0.25) is 5.91 Å². The van der Waals surface area contributed by atoms with Gasteiger partial charge >= 0.3 is 0 Å². The lowest BCUT2D eigenvalue weighted by Crippen LogP contribution is -2.44. The Kier molecular flexibility index (Phi) is 6.04. The molecule has 2 aromatic rings. The van der Waals surface area contributed by atoms with Gasteiger partial charge in [-0.2, -0.15) is 0 Å². The number of aryl methyl sites for hydroxylation is 1. The zero-order valence-corrected chi connectivity index (χ0v) is 15.5. The molecule has 1 aromatic carbocycles. The average Bonchev–Trinajstić information content (AvgIpc) is 2.69. The zero-order valence-electron chi connectivity index (χ0n) is 15.5. The standard InChI is InChI=1S/C20H26N4O2/c1-16-6-3-4-8-18(16)26-13-12-23(2)20(25)17-7-5-11-24(15-17)19-14-21-9-10-22-19/h3-4,6,8-10,14,17H,5,7,11-13,15H2,1-2H3/t17-/m0/s1. The molecule has 0 N–H and O–H groups in total. The minimum Gasteiger partial charge on any atom is -0.491 e. The summed E-state index contributed by atoms with van der Waals surface area (Å²) in [6.45, 7) is 4.71. The molecule has 1 fully saturated rings. The second kappa shape index (κ2) is 8.65. The second-order valence-corrected chi connectivity index (χ2v) is 6.72. The number of carbonyl (C=O) groups excluding carboxylic acids is 1. The number of para-hydroxylation sites is 1. The molecule has 0 radical (unpaired) electrons. The van der Waals surface area contributed by atoms with Crippen LogP contribution in [0, 0.1) is 12.8 Å². The molecular formula is C20H26N4O2.